The van der Waals surface area contributed by atoms with Crippen LogP contribution in [-0.4, -0.2) is 5.78 Å². The van der Waals surface area contributed by atoms with E-state index in [1.165, 1.54) is 5.56 Å². The Kier molecular flexibility index (Phi) is 2.87. The summed E-state index contributed by atoms with van der Waals surface area (Å²) in [6.45, 7) is 1.77. The normalized spacial score (nSPS) is 22.7. The molecule has 0 radical (unpaired) electrons. The molecule has 0 aromatic heterocycles. The molecule has 0 amide bonds. The van der Waals surface area contributed by atoms with Gasteiger partial charge in [-0.1, -0.05) is 36.3 Å². The molecule has 1 aliphatic rings. The van der Waals surface area contributed by atoms with Gasteiger partial charge < -0.3 is 0 Å². The molecule has 0 heterocycles. The average molecular weight is 198 g/mol. The van der Waals surface area contributed by atoms with Crippen LogP contribution in [0.1, 0.15) is 31.2 Å². The maximum absolute atomic E-state index is 11.6. The Morgan fingerprint density at radius 1 is 1.40 bits per heavy atom. The highest BCUT2D eigenvalue weighted by Gasteiger charge is 2.42. The van der Waals surface area contributed by atoms with E-state index in [1.54, 1.807) is 6.92 Å². The van der Waals surface area contributed by atoms with Crippen LogP contribution in [-0.2, 0) is 4.79 Å². The Labute approximate surface area is 90.5 Å². The predicted octanol–water partition coefficient (Wildman–Crippen LogP) is 2.77. The van der Waals surface area contributed by atoms with Gasteiger partial charge in [0.15, 0.2) is 0 Å². The lowest BCUT2D eigenvalue weighted by Gasteiger charge is -1.97. The van der Waals surface area contributed by atoms with Crippen molar-refractivity contribution in [3.63, 3.8) is 0 Å². The lowest BCUT2D eigenvalue weighted by molar-refractivity contribution is -0.119. The van der Waals surface area contributed by atoms with E-state index in [4.69, 9.17) is 0 Å². The zero-order chi connectivity index (χ0) is 10.7. The van der Waals surface area contributed by atoms with E-state index in [9.17, 15) is 4.79 Å². The first-order chi connectivity index (χ1) is 7.33. The van der Waals surface area contributed by atoms with Crippen molar-refractivity contribution in [1.82, 2.24) is 0 Å². The average Bonchev–Trinajstić information content (AvgIpc) is 3.07. The first-order valence-corrected chi connectivity index (χ1v) is 5.30. The number of rotatable bonds is 3. The van der Waals surface area contributed by atoms with E-state index in [0.29, 0.717) is 18.1 Å². The molecule has 15 heavy (non-hydrogen) atoms. The van der Waals surface area contributed by atoms with Gasteiger partial charge in [0, 0.05) is 5.92 Å². The van der Waals surface area contributed by atoms with E-state index in [2.05, 4.69) is 24.0 Å². The van der Waals surface area contributed by atoms with Gasteiger partial charge in [0.05, 0.1) is 6.42 Å². The molecule has 2 unspecified atom stereocenters. The van der Waals surface area contributed by atoms with E-state index in [0.717, 1.165) is 6.42 Å². The molecule has 0 bridgehead atoms. The molecule has 2 atom stereocenters. The fourth-order valence-electron chi connectivity index (χ4n) is 1.93. The van der Waals surface area contributed by atoms with Crippen LogP contribution in [0.4, 0.5) is 0 Å². The SMILES string of the molecule is CC#CCC(=O)C1CC1c1ccccc1. The van der Waals surface area contributed by atoms with Gasteiger partial charge in [0.1, 0.15) is 5.78 Å². The van der Waals surface area contributed by atoms with Crippen LogP contribution in [0.5, 0.6) is 0 Å². The Balaban J connectivity index is 1.95. The molecule has 2 rings (SSSR count). The summed E-state index contributed by atoms with van der Waals surface area (Å²) in [5, 5.41) is 0. The lowest BCUT2D eigenvalue weighted by atomic mass is 10.1. The van der Waals surface area contributed by atoms with Crippen molar-refractivity contribution in [1.29, 1.82) is 0 Å². The van der Waals surface area contributed by atoms with E-state index in [1.807, 2.05) is 18.2 Å². The maximum Gasteiger partial charge on any atom is 0.148 e. The van der Waals surface area contributed by atoms with Gasteiger partial charge in [-0.25, -0.2) is 0 Å². The Hall–Kier alpha value is -1.55. The van der Waals surface area contributed by atoms with Crippen LogP contribution in [0, 0.1) is 17.8 Å². The molecule has 1 aromatic carbocycles. The molecule has 1 fully saturated rings. The third-order valence-corrected chi connectivity index (χ3v) is 2.87. The second kappa shape index (κ2) is 4.31. The van der Waals surface area contributed by atoms with Crippen LogP contribution in [0.15, 0.2) is 30.3 Å². The highest BCUT2D eigenvalue weighted by Crippen LogP contribution is 2.48. The first-order valence-electron chi connectivity index (χ1n) is 5.30. The van der Waals surface area contributed by atoms with Crippen molar-refractivity contribution in [2.24, 2.45) is 5.92 Å². The Morgan fingerprint density at radius 2 is 2.13 bits per heavy atom. The molecular formula is C14H14O. The standard InChI is InChI=1S/C14H14O/c1-2-3-9-14(15)13-10-12(13)11-7-5-4-6-8-11/h4-8,12-13H,9-10H2,1H3. The van der Waals surface area contributed by atoms with Gasteiger partial charge in [0.25, 0.3) is 0 Å². The van der Waals surface area contributed by atoms with Gasteiger partial charge in [-0.05, 0) is 24.8 Å². The second-order valence-corrected chi connectivity index (χ2v) is 3.93. The summed E-state index contributed by atoms with van der Waals surface area (Å²) < 4.78 is 0. The number of ketones is 1. The van der Waals surface area contributed by atoms with E-state index in [-0.39, 0.29) is 5.92 Å². The van der Waals surface area contributed by atoms with Gasteiger partial charge in [-0.2, -0.15) is 0 Å². The molecule has 76 valence electrons. The fourth-order valence-corrected chi connectivity index (χ4v) is 1.93. The van der Waals surface area contributed by atoms with Crippen molar-refractivity contribution in [3.8, 4) is 11.8 Å². The minimum absolute atomic E-state index is 0.230. The monoisotopic (exact) mass is 198 g/mol. The van der Waals surface area contributed by atoms with Crippen LogP contribution >= 0.6 is 0 Å². The van der Waals surface area contributed by atoms with Crippen molar-refractivity contribution in [2.45, 2.75) is 25.7 Å². The molecule has 0 aliphatic heterocycles. The van der Waals surface area contributed by atoms with Crippen molar-refractivity contribution < 1.29 is 4.79 Å². The fraction of sp³-hybridized carbons (Fsp3) is 0.357. The number of Topliss-reactive ketones (excluding diaryl/α,β-unsaturated/α-hetero) is 1. The zero-order valence-electron chi connectivity index (χ0n) is 8.86. The first kappa shape index (κ1) is 9.98. The molecule has 1 heteroatoms. The third-order valence-electron chi connectivity index (χ3n) is 2.87. The number of carbonyl (C=O) groups excluding carboxylic acids is 1. The van der Waals surface area contributed by atoms with Crippen LogP contribution in [0.3, 0.4) is 0 Å². The largest absolute Gasteiger partial charge is 0.298 e. The summed E-state index contributed by atoms with van der Waals surface area (Å²) in [6, 6.07) is 10.3. The summed E-state index contributed by atoms with van der Waals surface area (Å²) in [5.74, 6) is 6.60. The lowest BCUT2D eigenvalue weighted by Crippen LogP contribution is -2.00. The summed E-state index contributed by atoms with van der Waals surface area (Å²) in [6.07, 6.45) is 1.43. The number of hydrogen-bond donors (Lipinski definition) is 0. The Morgan fingerprint density at radius 3 is 2.80 bits per heavy atom. The molecule has 1 aliphatic carbocycles. The highest BCUT2D eigenvalue weighted by atomic mass is 16.1. The highest BCUT2D eigenvalue weighted by molar-refractivity contribution is 5.86. The van der Waals surface area contributed by atoms with E-state index < -0.39 is 0 Å². The quantitative estimate of drug-likeness (QED) is 0.682. The zero-order valence-corrected chi connectivity index (χ0v) is 8.86. The van der Waals surface area contributed by atoms with Crippen LogP contribution in [0.25, 0.3) is 0 Å². The van der Waals surface area contributed by atoms with Gasteiger partial charge in [-0.15, -0.1) is 5.92 Å². The molecule has 1 nitrogen and oxygen atoms in total. The summed E-state index contributed by atoms with van der Waals surface area (Å²) in [4.78, 5) is 11.6. The smallest absolute Gasteiger partial charge is 0.148 e. The van der Waals surface area contributed by atoms with Gasteiger partial charge in [-0.3, -0.25) is 4.79 Å². The number of benzene rings is 1. The summed E-state index contributed by atoms with van der Waals surface area (Å²) in [5.41, 5.74) is 1.29. The van der Waals surface area contributed by atoms with Crippen molar-refractivity contribution in [3.05, 3.63) is 35.9 Å². The summed E-state index contributed by atoms with van der Waals surface area (Å²) in [7, 11) is 0. The van der Waals surface area contributed by atoms with Gasteiger partial charge in [0.2, 0.25) is 0 Å². The summed E-state index contributed by atoms with van der Waals surface area (Å²) >= 11 is 0. The second-order valence-electron chi connectivity index (χ2n) is 3.93. The minimum atomic E-state index is 0.230. The van der Waals surface area contributed by atoms with Crippen molar-refractivity contribution in [2.75, 3.05) is 0 Å². The number of carbonyl (C=O) groups is 1. The molecular weight excluding hydrogens is 184 g/mol. The maximum atomic E-state index is 11.6. The Bertz CT molecular complexity index is 408. The third kappa shape index (κ3) is 2.27. The molecule has 0 spiro atoms. The van der Waals surface area contributed by atoms with E-state index >= 15 is 0 Å². The predicted molar refractivity (Wildman–Crippen MR) is 60.4 cm³/mol. The minimum Gasteiger partial charge on any atom is -0.298 e. The molecule has 0 saturated heterocycles. The molecule has 1 saturated carbocycles. The van der Waals surface area contributed by atoms with Crippen LogP contribution in [0.2, 0.25) is 0 Å². The van der Waals surface area contributed by atoms with Crippen LogP contribution < -0.4 is 0 Å². The molecule has 1 aromatic rings. The topological polar surface area (TPSA) is 17.1 Å². The van der Waals surface area contributed by atoms with Crippen molar-refractivity contribution >= 4 is 5.78 Å². The number of hydrogen-bond acceptors (Lipinski definition) is 1. The van der Waals surface area contributed by atoms with Gasteiger partial charge >= 0.3 is 0 Å². The molecule has 0 N–H and O–H groups in total.